The van der Waals surface area contributed by atoms with Crippen molar-refractivity contribution in [1.29, 1.82) is 0 Å². The molecular weight excluding hydrogens is 676 g/mol. The first-order valence-electron chi connectivity index (χ1n) is 14.4. The number of ether oxygens (including phenoxy) is 4. The predicted octanol–water partition coefficient (Wildman–Crippen LogP) is 5.09. The molecule has 0 saturated carbocycles. The molecule has 13 heteroatoms. The first kappa shape index (κ1) is 34.1. The topological polar surface area (TPSA) is 137 Å². The van der Waals surface area contributed by atoms with E-state index in [1.165, 1.54) is 6.21 Å². The molecule has 0 saturated heterocycles. The van der Waals surface area contributed by atoms with Crippen LogP contribution in [0.5, 0.6) is 11.5 Å². The Morgan fingerprint density at radius 3 is 2.39 bits per heavy atom. The van der Waals surface area contributed by atoms with Crippen LogP contribution in [0.15, 0.2) is 87.6 Å². The number of benzene rings is 3. The van der Waals surface area contributed by atoms with Crippen molar-refractivity contribution in [2.45, 2.75) is 33.4 Å². The van der Waals surface area contributed by atoms with Crippen molar-refractivity contribution in [1.82, 2.24) is 16.1 Å². The van der Waals surface area contributed by atoms with Crippen LogP contribution in [0.2, 0.25) is 0 Å². The summed E-state index contributed by atoms with van der Waals surface area (Å²) in [5.74, 6) is -0.318. The van der Waals surface area contributed by atoms with Crippen molar-refractivity contribution in [2.24, 2.45) is 5.10 Å². The average Bonchev–Trinajstić information content (AvgIpc) is 3.03. The van der Waals surface area contributed by atoms with E-state index in [2.05, 4.69) is 37.1 Å². The third-order valence-electron chi connectivity index (χ3n) is 6.57. The SMILES string of the molecule is CCOC(=O)C1=C(C)NC(=S)N[C@@H]1c1ccccc1OCC(=O)NN=Cc1ccc(OCc2ccc(C(=O)OCC)cc2)c(Br)c1. The minimum Gasteiger partial charge on any atom is -0.488 e. The Kier molecular flexibility index (Phi) is 12.3. The van der Waals surface area contributed by atoms with E-state index < -0.39 is 17.9 Å². The predicted molar refractivity (Wildman–Crippen MR) is 179 cm³/mol. The number of hydrogen-bond acceptors (Lipinski definition) is 9. The molecule has 1 aliphatic heterocycles. The van der Waals surface area contributed by atoms with Gasteiger partial charge < -0.3 is 29.6 Å². The summed E-state index contributed by atoms with van der Waals surface area (Å²) in [4.78, 5) is 37.1. The summed E-state index contributed by atoms with van der Waals surface area (Å²) >= 11 is 8.82. The summed E-state index contributed by atoms with van der Waals surface area (Å²) in [6.07, 6.45) is 1.49. The quantitative estimate of drug-likeness (QED) is 0.0954. The molecule has 1 heterocycles. The van der Waals surface area contributed by atoms with Crippen LogP contribution in [0.1, 0.15) is 53.9 Å². The molecule has 0 aromatic heterocycles. The van der Waals surface area contributed by atoms with Gasteiger partial charge in [-0.15, -0.1) is 0 Å². The highest BCUT2D eigenvalue weighted by Crippen LogP contribution is 2.33. The lowest BCUT2D eigenvalue weighted by Gasteiger charge is -2.30. The van der Waals surface area contributed by atoms with Gasteiger partial charge in [0.15, 0.2) is 11.7 Å². The van der Waals surface area contributed by atoms with E-state index >= 15 is 0 Å². The van der Waals surface area contributed by atoms with Gasteiger partial charge in [-0.2, -0.15) is 5.10 Å². The summed E-state index contributed by atoms with van der Waals surface area (Å²) in [7, 11) is 0. The molecule has 0 fully saturated rings. The average molecular weight is 710 g/mol. The molecule has 46 heavy (non-hydrogen) atoms. The third-order valence-corrected chi connectivity index (χ3v) is 7.41. The fraction of sp³-hybridized carbons (Fsp3) is 0.242. The first-order valence-corrected chi connectivity index (χ1v) is 15.6. The minimum absolute atomic E-state index is 0.219. The monoisotopic (exact) mass is 708 g/mol. The van der Waals surface area contributed by atoms with Crippen LogP contribution in [0.25, 0.3) is 0 Å². The maximum Gasteiger partial charge on any atom is 0.338 e. The van der Waals surface area contributed by atoms with Gasteiger partial charge >= 0.3 is 11.9 Å². The molecule has 0 unspecified atom stereocenters. The molecule has 1 aliphatic rings. The maximum absolute atomic E-state index is 12.7. The number of hydrazone groups is 1. The second-order valence-electron chi connectivity index (χ2n) is 9.81. The zero-order valence-corrected chi connectivity index (χ0v) is 27.8. The van der Waals surface area contributed by atoms with E-state index in [0.29, 0.717) is 62.3 Å². The number of rotatable bonds is 13. The third kappa shape index (κ3) is 9.14. The van der Waals surface area contributed by atoms with Crippen LogP contribution in [-0.2, 0) is 25.7 Å². The number of nitrogens with zero attached hydrogens (tertiary/aromatic N) is 1. The second kappa shape index (κ2) is 16.5. The van der Waals surface area contributed by atoms with Crippen LogP contribution in [0.4, 0.5) is 0 Å². The molecule has 1 atom stereocenters. The van der Waals surface area contributed by atoms with Crippen molar-refractivity contribution in [3.05, 3.63) is 105 Å². The van der Waals surface area contributed by atoms with Gasteiger partial charge in [0.05, 0.1) is 41.1 Å². The number of esters is 2. The highest BCUT2D eigenvalue weighted by Gasteiger charge is 2.32. The van der Waals surface area contributed by atoms with Crippen molar-refractivity contribution >= 4 is 57.3 Å². The smallest absolute Gasteiger partial charge is 0.338 e. The Morgan fingerprint density at radius 1 is 0.957 bits per heavy atom. The van der Waals surface area contributed by atoms with Crippen LogP contribution < -0.4 is 25.5 Å². The number of carbonyl (C=O) groups excluding carboxylic acids is 3. The van der Waals surface area contributed by atoms with Gasteiger partial charge in [-0.05, 0) is 96.4 Å². The highest BCUT2D eigenvalue weighted by molar-refractivity contribution is 9.10. The standard InChI is InChI=1S/C33H33BrN4O7S/c1-4-42-31(40)23-13-10-21(11-14-23)18-44-27-15-12-22(16-25(27)34)17-35-38-28(39)19-45-26-9-7-6-8-24(26)30-29(32(41)43-5-2)20(3)36-33(46)37-30/h6-17,30H,4-5,18-19H2,1-3H3,(H,38,39)(H2,36,37,46)/t30-/m1/s1. The molecule has 0 aliphatic carbocycles. The van der Waals surface area contributed by atoms with Gasteiger partial charge in [0.1, 0.15) is 18.1 Å². The van der Waals surface area contributed by atoms with Crippen LogP contribution in [0, 0.1) is 0 Å². The Bertz CT molecular complexity index is 1660. The summed E-state index contributed by atoms with van der Waals surface area (Å²) in [5, 5.41) is 10.4. The van der Waals surface area contributed by atoms with Crippen LogP contribution in [-0.4, -0.2) is 49.0 Å². The van der Waals surface area contributed by atoms with Gasteiger partial charge in [0.25, 0.3) is 5.91 Å². The molecule has 11 nitrogen and oxygen atoms in total. The number of allylic oxidation sites excluding steroid dienone is 1. The summed E-state index contributed by atoms with van der Waals surface area (Å²) in [6, 6.07) is 18.8. The Morgan fingerprint density at radius 2 is 1.67 bits per heavy atom. The molecule has 1 amide bonds. The van der Waals surface area contributed by atoms with Crippen molar-refractivity contribution in [3.8, 4) is 11.5 Å². The van der Waals surface area contributed by atoms with E-state index in [9.17, 15) is 14.4 Å². The molecule has 4 rings (SSSR count). The normalized spacial score (nSPS) is 14.3. The number of halogens is 1. The van der Waals surface area contributed by atoms with E-state index in [1.54, 1.807) is 75.4 Å². The molecule has 0 bridgehead atoms. The lowest BCUT2D eigenvalue weighted by Crippen LogP contribution is -2.45. The van der Waals surface area contributed by atoms with Gasteiger partial charge in [0, 0.05) is 11.3 Å². The van der Waals surface area contributed by atoms with Crippen molar-refractivity contribution in [3.63, 3.8) is 0 Å². The van der Waals surface area contributed by atoms with Gasteiger partial charge in [-0.3, -0.25) is 4.79 Å². The maximum atomic E-state index is 12.7. The number of carbonyl (C=O) groups is 3. The molecule has 3 aromatic carbocycles. The fourth-order valence-electron chi connectivity index (χ4n) is 4.44. The number of amides is 1. The van der Waals surface area contributed by atoms with Gasteiger partial charge in [0.2, 0.25) is 0 Å². The van der Waals surface area contributed by atoms with Crippen LogP contribution in [0.3, 0.4) is 0 Å². The number of thiocarbonyl (C=S) groups is 1. The highest BCUT2D eigenvalue weighted by atomic mass is 79.9. The Hall–Kier alpha value is -4.75. The number of hydrogen-bond donors (Lipinski definition) is 3. The van der Waals surface area contributed by atoms with Crippen molar-refractivity contribution < 1.29 is 33.3 Å². The first-order chi connectivity index (χ1) is 22.2. The van der Waals surface area contributed by atoms with Crippen LogP contribution >= 0.6 is 28.1 Å². The summed E-state index contributed by atoms with van der Waals surface area (Å²) in [5.41, 5.74) is 6.10. The minimum atomic E-state index is -0.632. The number of nitrogens with one attached hydrogen (secondary N) is 3. The van der Waals surface area contributed by atoms with Gasteiger partial charge in [-0.25, -0.2) is 15.0 Å². The van der Waals surface area contributed by atoms with E-state index in [4.69, 9.17) is 31.2 Å². The molecule has 3 aromatic rings. The lowest BCUT2D eigenvalue weighted by molar-refractivity contribution is -0.139. The van der Waals surface area contributed by atoms with E-state index in [-0.39, 0.29) is 19.2 Å². The molecular formula is C33H33BrN4O7S. The van der Waals surface area contributed by atoms with E-state index in [0.717, 1.165) is 5.56 Å². The summed E-state index contributed by atoms with van der Waals surface area (Å²) < 4.78 is 22.7. The molecule has 0 spiro atoms. The second-order valence-corrected chi connectivity index (χ2v) is 11.1. The van der Waals surface area contributed by atoms with Crippen molar-refractivity contribution in [2.75, 3.05) is 19.8 Å². The zero-order valence-electron chi connectivity index (χ0n) is 25.4. The molecule has 0 radical (unpaired) electrons. The zero-order chi connectivity index (χ0) is 33.1. The Labute approximate surface area is 280 Å². The number of para-hydroxylation sites is 1. The van der Waals surface area contributed by atoms with E-state index in [1.807, 2.05) is 12.1 Å². The Balaban J connectivity index is 1.32. The van der Waals surface area contributed by atoms with Gasteiger partial charge in [-0.1, -0.05) is 30.3 Å². The molecule has 240 valence electrons. The summed E-state index contributed by atoms with van der Waals surface area (Å²) in [6.45, 7) is 5.76. The largest absolute Gasteiger partial charge is 0.488 e. The fourth-order valence-corrected chi connectivity index (χ4v) is 5.22. The molecule has 3 N–H and O–H groups in total. The lowest BCUT2D eigenvalue weighted by atomic mass is 9.95.